The van der Waals surface area contributed by atoms with Crippen LogP contribution in [0.3, 0.4) is 0 Å². The van der Waals surface area contributed by atoms with Gasteiger partial charge < -0.3 is 5.32 Å². The van der Waals surface area contributed by atoms with Crippen LogP contribution in [0.2, 0.25) is 0 Å². The first-order chi connectivity index (χ1) is 9.06. The molecule has 7 heteroatoms. The molecule has 0 bridgehead atoms. The van der Waals surface area contributed by atoms with E-state index in [9.17, 15) is 14.9 Å². The minimum Gasteiger partial charge on any atom is -0.321 e. The quantitative estimate of drug-likeness (QED) is 0.695. The van der Waals surface area contributed by atoms with E-state index in [1.54, 1.807) is 12.3 Å². The lowest BCUT2D eigenvalue weighted by Crippen LogP contribution is -2.12. The Morgan fingerprint density at radius 1 is 1.32 bits per heavy atom. The Labute approximate surface area is 116 Å². The Kier molecular flexibility index (Phi) is 3.86. The normalized spacial score (nSPS) is 9.95. The third-order valence-electron chi connectivity index (χ3n) is 2.28. The van der Waals surface area contributed by atoms with Gasteiger partial charge in [-0.25, -0.2) is 0 Å². The smallest absolute Gasteiger partial charge is 0.270 e. The second-order valence-corrected chi connectivity index (χ2v) is 4.57. The number of aromatic nitrogens is 1. The summed E-state index contributed by atoms with van der Waals surface area (Å²) in [5, 5.41) is 13.2. The molecule has 1 amide bonds. The monoisotopic (exact) mass is 321 g/mol. The first kappa shape index (κ1) is 13.2. The van der Waals surface area contributed by atoms with Crippen LogP contribution < -0.4 is 5.32 Å². The van der Waals surface area contributed by atoms with Gasteiger partial charge in [-0.3, -0.25) is 19.9 Å². The number of rotatable bonds is 3. The van der Waals surface area contributed by atoms with Gasteiger partial charge >= 0.3 is 0 Å². The van der Waals surface area contributed by atoms with Crippen molar-refractivity contribution in [3.8, 4) is 0 Å². The highest BCUT2D eigenvalue weighted by Gasteiger charge is 2.11. The van der Waals surface area contributed by atoms with Crippen molar-refractivity contribution in [1.82, 2.24) is 4.98 Å². The van der Waals surface area contributed by atoms with Gasteiger partial charge in [0.15, 0.2) is 0 Å². The lowest BCUT2D eigenvalue weighted by atomic mass is 10.2. The van der Waals surface area contributed by atoms with Gasteiger partial charge in [0.1, 0.15) is 0 Å². The third-order valence-corrected chi connectivity index (χ3v) is 2.72. The summed E-state index contributed by atoms with van der Waals surface area (Å²) in [6.07, 6.45) is 3.07. The zero-order chi connectivity index (χ0) is 13.8. The summed E-state index contributed by atoms with van der Waals surface area (Å²) in [5.74, 6) is -0.427. The average molecular weight is 322 g/mol. The zero-order valence-corrected chi connectivity index (χ0v) is 11.1. The number of pyridine rings is 1. The van der Waals surface area contributed by atoms with Crippen molar-refractivity contribution in [3.63, 3.8) is 0 Å². The second kappa shape index (κ2) is 5.57. The molecule has 0 atom stereocenters. The number of nitrogens with one attached hydrogen (secondary N) is 1. The van der Waals surface area contributed by atoms with Crippen molar-refractivity contribution in [2.75, 3.05) is 5.32 Å². The van der Waals surface area contributed by atoms with Crippen molar-refractivity contribution in [2.45, 2.75) is 0 Å². The number of hydrogen-bond donors (Lipinski definition) is 1. The third kappa shape index (κ3) is 3.35. The molecule has 2 aromatic rings. The highest BCUT2D eigenvalue weighted by atomic mass is 79.9. The Morgan fingerprint density at radius 2 is 2.11 bits per heavy atom. The van der Waals surface area contributed by atoms with E-state index in [0.717, 1.165) is 4.47 Å². The number of hydrogen-bond acceptors (Lipinski definition) is 4. The summed E-state index contributed by atoms with van der Waals surface area (Å²) < 4.78 is 0.726. The molecule has 0 saturated heterocycles. The maximum absolute atomic E-state index is 11.9. The van der Waals surface area contributed by atoms with Gasteiger partial charge in [-0.1, -0.05) is 6.07 Å². The first-order valence-electron chi connectivity index (χ1n) is 5.22. The number of halogens is 1. The maximum Gasteiger partial charge on any atom is 0.270 e. The topological polar surface area (TPSA) is 85.1 Å². The van der Waals surface area contributed by atoms with Gasteiger partial charge in [0.05, 0.1) is 16.8 Å². The van der Waals surface area contributed by atoms with Gasteiger partial charge in [0, 0.05) is 28.4 Å². The fraction of sp³-hybridized carbons (Fsp3) is 0. The number of non-ortho nitro benzene ring substituents is 1. The first-order valence-corrected chi connectivity index (χ1v) is 6.02. The predicted molar refractivity (Wildman–Crippen MR) is 73.0 cm³/mol. The standard InChI is InChI=1S/C12H8BrN3O3/c13-9-5-10(7-14-6-9)15-12(17)8-2-1-3-11(4-8)16(18)19/h1-7H,(H,15,17). The second-order valence-electron chi connectivity index (χ2n) is 3.65. The van der Waals surface area contributed by atoms with Crippen LogP contribution in [0.25, 0.3) is 0 Å². The number of carbonyl (C=O) groups excluding carboxylic acids is 1. The minimum atomic E-state index is -0.544. The van der Waals surface area contributed by atoms with Crippen molar-refractivity contribution in [3.05, 3.63) is 62.9 Å². The van der Waals surface area contributed by atoms with Crippen LogP contribution in [0.4, 0.5) is 11.4 Å². The van der Waals surface area contributed by atoms with Crippen molar-refractivity contribution >= 4 is 33.2 Å². The molecule has 0 aliphatic heterocycles. The average Bonchev–Trinajstić information content (AvgIpc) is 2.39. The SMILES string of the molecule is O=C(Nc1cncc(Br)c1)c1cccc([N+](=O)[O-])c1. The molecule has 6 nitrogen and oxygen atoms in total. The van der Waals surface area contributed by atoms with Crippen molar-refractivity contribution < 1.29 is 9.72 Å². The Balaban J connectivity index is 2.20. The zero-order valence-electron chi connectivity index (χ0n) is 9.54. The van der Waals surface area contributed by atoms with E-state index in [4.69, 9.17) is 0 Å². The number of nitrogens with zero attached hydrogens (tertiary/aromatic N) is 2. The van der Waals surface area contributed by atoms with Crippen LogP contribution >= 0.6 is 15.9 Å². The molecule has 0 radical (unpaired) electrons. The molecule has 0 aliphatic rings. The van der Waals surface area contributed by atoms with E-state index in [2.05, 4.69) is 26.2 Å². The van der Waals surface area contributed by atoms with E-state index in [0.29, 0.717) is 5.69 Å². The van der Waals surface area contributed by atoms with Crippen molar-refractivity contribution in [1.29, 1.82) is 0 Å². The lowest BCUT2D eigenvalue weighted by molar-refractivity contribution is -0.384. The largest absolute Gasteiger partial charge is 0.321 e. The Morgan fingerprint density at radius 3 is 2.79 bits per heavy atom. The Hall–Kier alpha value is -2.28. The highest BCUT2D eigenvalue weighted by Crippen LogP contribution is 2.17. The highest BCUT2D eigenvalue weighted by molar-refractivity contribution is 9.10. The summed E-state index contributed by atoms with van der Waals surface area (Å²) in [6, 6.07) is 7.21. The van der Waals surface area contributed by atoms with Gasteiger partial charge in [-0.15, -0.1) is 0 Å². The molecule has 1 aromatic carbocycles. The predicted octanol–water partition coefficient (Wildman–Crippen LogP) is 3.00. The number of nitro groups is 1. The van der Waals surface area contributed by atoms with Crippen LogP contribution in [0.1, 0.15) is 10.4 Å². The van der Waals surface area contributed by atoms with E-state index in [1.807, 2.05) is 0 Å². The minimum absolute atomic E-state index is 0.125. The molecule has 1 N–H and O–H groups in total. The van der Waals surface area contributed by atoms with Gasteiger partial charge in [-0.05, 0) is 28.1 Å². The molecule has 0 spiro atoms. The molecule has 1 aromatic heterocycles. The molecule has 0 fully saturated rings. The van der Waals surface area contributed by atoms with E-state index in [-0.39, 0.29) is 11.3 Å². The number of benzene rings is 1. The summed E-state index contributed by atoms with van der Waals surface area (Å²) in [7, 11) is 0. The molecule has 2 rings (SSSR count). The van der Waals surface area contributed by atoms with E-state index < -0.39 is 10.8 Å². The molecular formula is C12H8BrN3O3. The molecule has 96 valence electrons. The van der Waals surface area contributed by atoms with Crippen LogP contribution in [0.15, 0.2) is 47.2 Å². The van der Waals surface area contributed by atoms with Crippen LogP contribution in [0.5, 0.6) is 0 Å². The van der Waals surface area contributed by atoms with Crippen LogP contribution in [-0.2, 0) is 0 Å². The van der Waals surface area contributed by atoms with Crippen molar-refractivity contribution in [2.24, 2.45) is 0 Å². The fourth-order valence-corrected chi connectivity index (χ4v) is 1.81. The molecule has 0 aliphatic carbocycles. The number of anilines is 1. The molecular weight excluding hydrogens is 314 g/mol. The summed E-state index contributed by atoms with van der Waals surface area (Å²) in [6.45, 7) is 0. The Bertz CT molecular complexity index is 646. The maximum atomic E-state index is 11.9. The van der Waals surface area contributed by atoms with Crippen LogP contribution in [0, 0.1) is 10.1 Å². The van der Waals surface area contributed by atoms with Gasteiger partial charge in [0.2, 0.25) is 0 Å². The fourth-order valence-electron chi connectivity index (χ4n) is 1.44. The summed E-state index contributed by atoms with van der Waals surface area (Å²) in [4.78, 5) is 25.9. The molecule has 0 saturated carbocycles. The van der Waals surface area contributed by atoms with E-state index in [1.165, 1.54) is 30.5 Å². The number of nitro benzene ring substituents is 1. The number of carbonyl (C=O) groups is 1. The summed E-state index contributed by atoms with van der Waals surface area (Å²) in [5.41, 5.74) is 0.597. The molecule has 0 unspecified atom stereocenters. The van der Waals surface area contributed by atoms with Crippen LogP contribution in [-0.4, -0.2) is 15.8 Å². The lowest BCUT2D eigenvalue weighted by Gasteiger charge is -2.04. The van der Waals surface area contributed by atoms with Gasteiger partial charge in [-0.2, -0.15) is 0 Å². The molecule has 1 heterocycles. The van der Waals surface area contributed by atoms with Gasteiger partial charge in [0.25, 0.3) is 11.6 Å². The molecule has 19 heavy (non-hydrogen) atoms. The summed E-state index contributed by atoms with van der Waals surface area (Å²) >= 11 is 3.24. The van der Waals surface area contributed by atoms with E-state index >= 15 is 0 Å². The number of amides is 1.